The number of halogens is 2. The topological polar surface area (TPSA) is 85.8 Å². The first-order chi connectivity index (χ1) is 12.7. The van der Waals surface area contributed by atoms with Gasteiger partial charge in [0.1, 0.15) is 5.82 Å². The van der Waals surface area contributed by atoms with Crippen molar-refractivity contribution >= 4 is 36.4 Å². The number of nitrogens with two attached hydrogens (primary N) is 1. The van der Waals surface area contributed by atoms with Gasteiger partial charge in [-0.15, -0.1) is 35.0 Å². The molecule has 4 atom stereocenters. The number of nitrogens with one attached hydrogen (secondary N) is 1. The number of rotatable bonds is 3. The Hall–Kier alpha value is -1.63. The van der Waals surface area contributed by atoms with Crippen LogP contribution in [0.15, 0.2) is 24.3 Å². The number of nitrogens with zero attached hydrogens (tertiary/aromatic N) is 3. The van der Waals surface area contributed by atoms with Gasteiger partial charge in [0.2, 0.25) is 5.91 Å². The second-order valence-corrected chi connectivity index (χ2v) is 8.05. The number of carbonyl (C=O) groups excluding carboxylic acids is 1. The summed E-state index contributed by atoms with van der Waals surface area (Å²) in [5, 5.41) is 11.8. The molecule has 0 radical (unpaired) electrons. The van der Waals surface area contributed by atoms with Gasteiger partial charge in [0.25, 0.3) is 0 Å². The number of hydrogen-bond donors (Lipinski definition) is 2. The summed E-state index contributed by atoms with van der Waals surface area (Å²) in [5.41, 5.74) is 8.16. The van der Waals surface area contributed by atoms with E-state index in [-0.39, 0.29) is 42.7 Å². The SMILES string of the molecule is Cl.Cl.NC1C2CCC(C2)C1C(=O)Nc1ccc(-c2nnc3n2CCCC3)cc1. The van der Waals surface area contributed by atoms with Gasteiger partial charge in [-0.3, -0.25) is 4.79 Å². The molecule has 3 N–H and O–H groups in total. The van der Waals surface area contributed by atoms with Crippen LogP contribution >= 0.6 is 24.8 Å². The second kappa shape index (κ2) is 8.39. The highest BCUT2D eigenvalue weighted by molar-refractivity contribution is 5.93. The van der Waals surface area contributed by atoms with Crippen molar-refractivity contribution in [1.29, 1.82) is 0 Å². The van der Waals surface area contributed by atoms with Crippen molar-refractivity contribution in [3.05, 3.63) is 30.1 Å². The lowest BCUT2D eigenvalue weighted by Gasteiger charge is -2.27. The predicted octanol–water partition coefficient (Wildman–Crippen LogP) is 3.44. The van der Waals surface area contributed by atoms with Gasteiger partial charge in [-0.25, -0.2) is 0 Å². The molecule has 5 rings (SSSR count). The average molecular weight is 424 g/mol. The zero-order chi connectivity index (χ0) is 17.7. The molecule has 2 bridgehead atoms. The second-order valence-electron chi connectivity index (χ2n) is 8.05. The van der Waals surface area contributed by atoms with Crippen molar-refractivity contribution in [2.75, 3.05) is 5.32 Å². The number of benzene rings is 1. The molecule has 2 heterocycles. The third-order valence-corrected chi connectivity index (χ3v) is 6.55. The van der Waals surface area contributed by atoms with Gasteiger partial charge in [-0.1, -0.05) is 0 Å². The van der Waals surface area contributed by atoms with Crippen LogP contribution in [0.5, 0.6) is 0 Å². The molecule has 152 valence electrons. The Morgan fingerprint density at radius 1 is 1.07 bits per heavy atom. The zero-order valence-electron chi connectivity index (χ0n) is 15.7. The van der Waals surface area contributed by atoms with Gasteiger partial charge in [-0.2, -0.15) is 0 Å². The first kappa shape index (κ1) is 21.1. The summed E-state index contributed by atoms with van der Waals surface area (Å²) in [5.74, 6) is 3.06. The van der Waals surface area contributed by atoms with Crippen molar-refractivity contribution in [3.8, 4) is 11.4 Å². The minimum absolute atomic E-state index is 0. The number of carbonyl (C=O) groups is 1. The molecule has 2 saturated carbocycles. The Balaban J connectivity index is 0.00000112. The van der Waals surface area contributed by atoms with Crippen molar-refractivity contribution in [2.45, 2.75) is 51.1 Å². The van der Waals surface area contributed by atoms with Crippen LogP contribution in [0.4, 0.5) is 5.69 Å². The quantitative estimate of drug-likeness (QED) is 0.791. The highest BCUT2D eigenvalue weighted by Gasteiger charge is 2.49. The Morgan fingerprint density at radius 3 is 2.54 bits per heavy atom. The van der Waals surface area contributed by atoms with Crippen LogP contribution in [0.2, 0.25) is 0 Å². The van der Waals surface area contributed by atoms with E-state index in [1.54, 1.807) is 0 Å². The number of hydrogen-bond acceptors (Lipinski definition) is 4. The van der Waals surface area contributed by atoms with E-state index >= 15 is 0 Å². The minimum atomic E-state index is -0.0306. The Labute approximate surface area is 177 Å². The maximum atomic E-state index is 12.7. The van der Waals surface area contributed by atoms with Crippen LogP contribution < -0.4 is 11.1 Å². The molecule has 2 aromatic rings. The normalized spacial score (nSPS) is 27.5. The standard InChI is InChI=1S/C20H25N5O.2ClH/c21-18-14-5-4-13(11-14)17(18)20(26)22-15-8-6-12(7-9-15)19-24-23-16-3-1-2-10-25(16)19;;/h6-9,13-14,17-18H,1-5,10-11,21H2,(H,22,26);2*1H. The summed E-state index contributed by atoms with van der Waals surface area (Å²) in [6, 6.07) is 7.97. The summed E-state index contributed by atoms with van der Waals surface area (Å²) in [6.45, 7) is 0.984. The molecule has 4 unspecified atom stereocenters. The van der Waals surface area contributed by atoms with E-state index in [4.69, 9.17) is 5.73 Å². The van der Waals surface area contributed by atoms with Crippen LogP contribution in [0, 0.1) is 17.8 Å². The molecule has 1 amide bonds. The fourth-order valence-corrected chi connectivity index (χ4v) is 5.17. The highest BCUT2D eigenvalue weighted by Crippen LogP contribution is 2.47. The van der Waals surface area contributed by atoms with E-state index < -0.39 is 0 Å². The monoisotopic (exact) mass is 423 g/mol. The zero-order valence-corrected chi connectivity index (χ0v) is 17.3. The van der Waals surface area contributed by atoms with E-state index in [0.717, 1.165) is 48.7 Å². The molecule has 0 saturated heterocycles. The summed E-state index contributed by atoms with van der Waals surface area (Å²) < 4.78 is 2.21. The average Bonchev–Trinajstić information content (AvgIpc) is 3.36. The molecule has 2 aliphatic carbocycles. The van der Waals surface area contributed by atoms with Crippen LogP contribution in [-0.4, -0.2) is 26.7 Å². The van der Waals surface area contributed by atoms with Crippen molar-refractivity contribution in [3.63, 3.8) is 0 Å². The largest absolute Gasteiger partial charge is 0.327 e. The molecule has 3 aliphatic rings. The van der Waals surface area contributed by atoms with E-state index in [1.807, 2.05) is 24.3 Å². The van der Waals surface area contributed by atoms with Crippen molar-refractivity contribution < 1.29 is 4.79 Å². The molecule has 0 spiro atoms. The van der Waals surface area contributed by atoms with Gasteiger partial charge in [0.05, 0.1) is 5.92 Å². The smallest absolute Gasteiger partial charge is 0.229 e. The van der Waals surface area contributed by atoms with Crippen LogP contribution in [-0.2, 0) is 17.8 Å². The number of aryl methyl sites for hydroxylation is 1. The first-order valence-corrected chi connectivity index (χ1v) is 9.79. The minimum Gasteiger partial charge on any atom is -0.327 e. The van der Waals surface area contributed by atoms with Crippen LogP contribution in [0.3, 0.4) is 0 Å². The third-order valence-electron chi connectivity index (χ3n) is 6.55. The maximum absolute atomic E-state index is 12.7. The summed E-state index contributed by atoms with van der Waals surface area (Å²) in [6.07, 6.45) is 6.83. The summed E-state index contributed by atoms with van der Waals surface area (Å²) in [4.78, 5) is 12.7. The Kier molecular flexibility index (Phi) is 6.32. The molecular formula is C20H27Cl2N5O. The summed E-state index contributed by atoms with van der Waals surface area (Å²) >= 11 is 0. The molecule has 1 aromatic carbocycles. The predicted molar refractivity (Wildman–Crippen MR) is 114 cm³/mol. The van der Waals surface area contributed by atoms with E-state index in [1.165, 1.54) is 19.3 Å². The van der Waals surface area contributed by atoms with Crippen molar-refractivity contribution in [2.24, 2.45) is 23.5 Å². The lowest BCUT2D eigenvalue weighted by Crippen LogP contribution is -2.42. The molecular weight excluding hydrogens is 397 g/mol. The maximum Gasteiger partial charge on any atom is 0.229 e. The fourth-order valence-electron chi connectivity index (χ4n) is 5.17. The molecule has 6 nitrogen and oxygen atoms in total. The highest BCUT2D eigenvalue weighted by atomic mass is 35.5. The Morgan fingerprint density at radius 2 is 1.82 bits per heavy atom. The van der Waals surface area contributed by atoms with Gasteiger partial charge < -0.3 is 15.6 Å². The number of aromatic nitrogens is 3. The lowest BCUT2D eigenvalue weighted by atomic mass is 9.84. The molecule has 28 heavy (non-hydrogen) atoms. The van der Waals surface area contributed by atoms with E-state index in [0.29, 0.717) is 11.8 Å². The van der Waals surface area contributed by atoms with Gasteiger partial charge in [0.15, 0.2) is 5.82 Å². The van der Waals surface area contributed by atoms with Gasteiger partial charge in [0, 0.05) is 30.3 Å². The van der Waals surface area contributed by atoms with E-state index in [2.05, 4.69) is 20.1 Å². The third kappa shape index (κ3) is 3.53. The fraction of sp³-hybridized carbons (Fsp3) is 0.550. The molecule has 8 heteroatoms. The van der Waals surface area contributed by atoms with Crippen LogP contribution in [0.25, 0.3) is 11.4 Å². The lowest BCUT2D eigenvalue weighted by molar-refractivity contribution is -0.121. The van der Waals surface area contributed by atoms with Crippen LogP contribution in [0.1, 0.15) is 37.9 Å². The first-order valence-electron chi connectivity index (χ1n) is 9.79. The number of fused-ring (bicyclic) bond motifs is 3. The Bertz CT molecular complexity index is 836. The van der Waals surface area contributed by atoms with E-state index in [9.17, 15) is 4.79 Å². The molecule has 2 fully saturated rings. The number of amides is 1. The number of anilines is 1. The van der Waals surface area contributed by atoms with Gasteiger partial charge in [-0.05, 0) is 68.2 Å². The molecule has 1 aliphatic heterocycles. The molecule has 1 aromatic heterocycles. The van der Waals surface area contributed by atoms with Gasteiger partial charge >= 0.3 is 0 Å². The summed E-state index contributed by atoms with van der Waals surface area (Å²) in [7, 11) is 0. The van der Waals surface area contributed by atoms with Crippen molar-refractivity contribution in [1.82, 2.24) is 14.8 Å².